The number of rotatable bonds is 3. The Bertz CT molecular complexity index is 742. The molecule has 0 bridgehead atoms. The SMILES string of the molecule is O=C(CN1C(=O)NC2(CCCCC2)C1=O)Nc1ccccc1C(F)(F)F. The van der Waals surface area contributed by atoms with Crippen LogP contribution in [0, 0.1) is 0 Å². The van der Waals surface area contributed by atoms with Gasteiger partial charge in [-0.25, -0.2) is 4.79 Å². The third-order valence-electron chi connectivity index (χ3n) is 4.76. The summed E-state index contributed by atoms with van der Waals surface area (Å²) in [6.07, 6.45) is -1.05. The van der Waals surface area contributed by atoms with Crippen molar-refractivity contribution >= 4 is 23.5 Å². The molecule has 9 heteroatoms. The molecule has 1 aromatic rings. The van der Waals surface area contributed by atoms with E-state index in [0.717, 1.165) is 36.3 Å². The van der Waals surface area contributed by atoms with Crippen LogP contribution in [0.3, 0.4) is 0 Å². The first-order valence-electron chi connectivity index (χ1n) is 8.33. The average molecular weight is 369 g/mol. The lowest BCUT2D eigenvalue weighted by Gasteiger charge is -2.30. The maximum absolute atomic E-state index is 13.0. The number of anilines is 1. The second-order valence-corrected chi connectivity index (χ2v) is 6.56. The maximum atomic E-state index is 13.0. The number of carbonyl (C=O) groups is 3. The summed E-state index contributed by atoms with van der Waals surface area (Å²) in [5.41, 5.74) is -2.38. The lowest BCUT2D eigenvalue weighted by Crippen LogP contribution is -2.48. The van der Waals surface area contributed by atoms with Gasteiger partial charge >= 0.3 is 12.2 Å². The molecule has 140 valence electrons. The van der Waals surface area contributed by atoms with Crippen LogP contribution in [0.25, 0.3) is 0 Å². The summed E-state index contributed by atoms with van der Waals surface area (Å²) >= 11 is 0. The quantitative estimate of drug-likeness (QED) is 0.804. The average Bonchev–Trinajstić information content (AvgIpc) is 2.79. The van der Waals surface area contributed by atoms with Gasteiger partial charge in [-0.2, -0.15) is 13.2 Å². The second kappa shape index (κ2) is 6.62. The Morgan fingerprint density at radius 1 is 1.15 bits per heavy atom. The van der Waals surface area contributed by atoms with Gasteiger partial charge in [-0.3, -0.25) is 14.5 Å². The minimum absolute atomic E-state index is 0.413. The van der Waals surface area contributed by atoms with Crippen molar-refractivity contribution in [3.8, 4) is 0 Å². The van der Waals surface area contributed by atoms with E-state index in [2.05, 4.69) is 10.6 Å². The van der Waals surface area contributed by atoms with Crippen molar-refractivity contribution in [2.75, 3.05) is 11.9 Å². The van der Waals surface area contributed by atoms with E-state index in [4.69, 9.17) is 0 Å². The van der Waals surface area contributed by atoms with Crippen molar-refractivity contribution in [1.82, 2.24) is 10.2 Å². The number of para-hydroxylation sites is 1. The zero-order valence-corrected chi connectivity index (χ0v) is 13.9. The number of carbonyl (C=O) groups excluding carboxylic acids is 3. The van der Waals surface area contributed by atoms with Gasteiger partial charge in [0, 0.05) is 0 Å². The summed E-state index contributed by atoms with van der Waals surface area (Å²) in [5, 5.41) is 4.80. The summed E-state index contributed by atoms with van der Waals surface area (Å²) < 4.78 is 39.0. The highest BCUT2D eigenvalue weighted by Gasteiger charge is 2.51. The topological polar surface area (TPSA) is 78.5 Å². The molecule has 3 rings (SSSR count). The van der Waals surface area contributed by atoms with Crippen LogP contribution in [-0.4, -0.2) is 34.8 Å². The first-order valence-corrected chi connectivity index (χ1v) is 8.33. The normalized spacial score (nSPS) is 19.6. The Balaban J connectivity index is 1.71. The van der Waals surface area contributed by atoms with E-state index < -0.39 is 47.4 Å². The van der Waals surface area contributed by atoms with Crippen LogP contribution in [0.5, 0.6) is 0 Å². The van der Waals surface area contributed by atoms with Crippen LogP contribution >= 0.6 is 0 Å². The number of halogens is 3. The number of alkyl halides is 3. The lowest BCUT2D eigenvalue weighted by molar-refractivity contribution is -0.137. The summed E-state index contributed by atoms with van der Waals surface area (Å²) in [6, 6.07) is 3.85. The fourth-order valence-electron chi connectivity index (χ4n) is 3.49. The molecule has 1 aliphatic heterocycles. The molecule has 2 aliphatic rings. The molecule has 1 saturated heterocycles. The van der Waals surface area contributed by atoms with Crippen LogP contribution in [0.1, 0.15) is 37.7 Å². The Hall–Kier alpha value is -2.58. The van der Waals surface area contributed by atoms with Gasteiger partial charge in [-0.1, -0.05) is 31.4 Å². The van der Waals surface area contributed by atoms with E-state index in [1.165, 1.54) is 12.1 Å². The molecule has 1 saturated carbocycles. The summed E-state index contributed by atoms with van der Waals surface area (Å²) in [4.78, 5) is 37.6. The number of hydrogen-bond acceptors (Lipinski definition) is 3. The van der Waals surface area contributed by atoms with Crippen LogP contribution in [0.4, 0.5) is 23.7 Å². The van der Waals surface area contributed by atoms with Crippen molar-refractivity contribution in [1.29, 1.82) is 0 Å². The van der Waals surface area contributed by atoms with Gasteiger partial charge in [0.1, 0.15) is 12.1 Å². The van der Waals surface area contributed by atoms with E-state index >= 15 is 0 Å². The lowest BCUT2D eigenvalue weighted by atomic mass is 9.82. The zero-order chi connectivity index (χ0) is 18.9. The Kier molecular flexibility index (Phi) is 4.64. The summed E-state index contributed by atoms with van der Waals surface area (Å²) in [6.45, 7) is -0.626. The predicted molar refractivity (Wildman–Crippen MR) is 86.1 cm³/mol. The van der Waals surface area contributed by atoms with Crippen molar-refractivity contribution in [3.63, 3.8) is 0 Å². The monoisotopic (exact) mass is 369 g/mol. The molecule has 2 N–H and O–H groups in total. The molecule has 26 heavy (non-hydrogen) atoms. The highest BCUT2D eigenvalue weighted by molar-refractivity contribution is 6.10. The Morgan fingerprint density at radius 2 is 1.81 bits per heavy atom. The summed E-state index contributed by atoms with van der Waals surface area (Å²) in [5.74, 6) is -1.35. The molecule has 0 unspecified atom stereocenters. The molecule has 0 aromatic heterocycles. The molecule has 0 atom stereocenters. The number of hydrogen-bond donors (Lipinski definition) is 2. The van der Waals surface area contributed by atoms with Crippen molar-refractivity contribution in [2.24, 2.45) is 0 Å². The van der Waals surface area contributed by atoms with E-state index in [0.29, 0.717) is 12.8 Å². The van der Waals surface area contributed by atoms with Gasteiger partial charge in [0.05, 0.1) is 11.3 Å². The van der Waals surface area contributed by atoms with Gasteiger partial charge in [-0.05, 0) is 25.0 Å². The molecule has 1 spiro atoms. The molecule has 0 radical (unpaired) electrons. The van der Waals surface area contributed by atoms with E-state index in [1.807, 2.05) is 0 Å². The predicted octanol–water partition coefficient (Wildman–Crippen LogP) is 2.90. The van der Waals surface area contributed by atoms with Gasteiger partial charge in [0.25, 0.3) is 5.91 Å². The minimum atomic E-state index is -4.63. The number of urea groups is 1. The maximum Gasteiger partial charge on any atom is 0.418 e. The standard InChI is InChI=1S/C17H18F3N3O3/c18-17(19,20)11-6-2-3-7-12(11)21-13(24)10-23-14(25)16(22-15(23)26)8-4-1-5-9-16/h2-3,6-7H,1,4-5,8-10H2,(H,21,24)(H,22,26). The Labute approximate surface area is 147 Å². The van der Waals surface area contributed by atoms with E-state index in [1.54, 1.807) is 0 Å². The zero-order valence-electron chi connectivity index (χ0n) is 13.9. The molecule has 6 nitrogen and oxygen atoms in total. The first-order chi connectivity index (χ1) is 12.2. The highest BCUT2D eigenvalue weighted by atomic mass is 19.4. The Morgan fingerprint density at radius 3 is 2.46 bits per heavy atom. The number of benzene rings is 1. The molecule has 2 fully saturated rings. The van der Waals surface area contributed by atoms with Crippen molar-refractivity contribution < 1.29 is 27.6 Å². The number of nitrogens with one attached hydrogen (secondary N) is 2. The van der Waals surface area contributed by atoms with Gasteiger partial charge in [0.2, 0.25) is 5.91 Å². The van der Waals surface area contributed by atoms with Crippen LogP contribution in [0.15, 0.2) is 24.3 Å². The smallest absolute Gasteiger partial charge is 0.324 e. The molecular formula is C17H18F3N3O3. The first kappa shape index (κ1) is 18.2. The minimum Gasteiger partial charge on any atom is -0.324 e. The highest BCUT2D eigenvalue weighted by Crippen LogP contribution is 2.35. The van der Waals surface area contributed by atoms with E-state index in [-0.39, 0.29) is 0 Å². The van der Waals surface area contributed by atoms with Gasteiger partial charge in [-0.15, -0.1) is 0 Å². The number of imide groups is 1. The van der Waals surface area contributed by atoms with Crippen LogP contribution in [-0.2, 0) is 15.8 Å². The third kappa shape index (κ3) is 3.38. The van der Waals surface area contributed by atoms with Crippen LogP contribution < -0.4 is 10.6 Å². The van der Waals surface area contributed by atoms with Gasteiger partial charge < -0.3 is 10.6 Å². The molecular weight excluding hydrogens is 351 g/mol. The molecule has 1 aromatic carbocycles. The molecule has 1 heterocycles. The fourth-order valence-corrected chi connectivity index (χ4v) is 3.49. The largest absolute Gasteiger partial charge is 0.418 e. The third-order valence-corrected chi connectivity index (χ3v) is 4.76. The van der Waals surface area contributed by atoms with Crippen molar-refractivity contribution in [3.05, 3.63) is 29.8 Å². The molecule has 4 amide bonds. The second-order valence-electron chi connectivity index (χ2n) is 6.56. The van der Waals surface area contributed by atoms with Crippen LogP contribution in [0.2, 0.25) is 0 Å². The van der Waals surface area contributed by atoms with E-state index in [9.17, 15) is 27.6 Å². The fraction of sp³-hybridized carbons (Fsp3) is 0.471. The van der Waals surface area contributed by atoms with Crippen molar-refractivity contribution in [2.45, 2.75) is 43.8 Å². The molecule has 1 aliphatic carbocycles. The van der Waals surface area contributed by atoms with Gasteiger partial charge in [0.15, 0.2) is 0 Å². The summed E-state index contributed by atoms with van der Waals surface area (Å²) in [7, 11) is 0. The number of nitrogens with zero attached hydrogens (tertiary/aromatic N) is 1. The number of amides is 4.